The largest absolute Gasteiger partial charge is 0.351 e. The van der Waals surface area contributed by atoms with Crippen LogP contribution in [0.5, 0.6) is 0 Å². The highest BCUT2D eigenvalue weighted by atomic mass is 15.3. The molecule has 0 amide bonds. The van der Waals surface area contributed by atoms with E-state index in [1.165, 1.54) is 0 Å². The molecule has 0 spiro atoms. The minimum absolute atomic E-state index is 0.0521. The van der Waals surface area contributed by atoms with Crippen LogP contribution in [0, 0.1) is 5.41 Å². The predicted molar refractivity (Wildman–Crippen MR) is 42.6 cm³/mol. The maximum Gasteiger partial charge on any atom is 0.203 e. The minimum Gasteiger partial charge on any atom is -0.351 e. The smallest absolute Gasteiger partial charge is 0.203 e. The molecule has 0 radical (unpaired) electrons. The summed E-state index contributed by atoms with van der Waals surface area (Å²) >= 11 is 0. The Morgan fingerprint density at radius 3 is 2.40 bits per heavy atom. The monoisotopic (exact) mass is 144 g/mol. The van der Waals surface area contributed by atoms with Crippen molar-refractivity contribution in [3.8, 4) is 0 Å². The van der Waals surface area contributed by atoms with E-state index in [0.717, 1.165) is 6.42 Å². The summed E-state index contributed by atoms with van der Waals surface area (Å²) in [5.74, 6) is 5.16. The second-order valence-corrected chi connectivity index (χ2v) is 2.88. The number of guanidine groups is 1. The molecule has 0 rings (SSSR count). The topological polar surface area (TPSA) is 73.9 Å². The first kappa shape index (κ1) is 9.23. The van der Waals surface area contributed by atoms with Crippen molar-refractivity contribution in [2.75, 3.05) is 0 Å². The molecule has 0 aromatic rings. The van der Waals surface area contributed by atoms with Gasteiger partial charge in [0.05, 0.1) is 0 Å². The third-order valence-electron chi connectivity index (χ3n) is 1.49. The van der Waals surface area contributed by atoms with E-state index in [1.54, 1.807) is 0 Å². The van der Waals surface area contributed by atoms with Gasteiger partial charge in [0.1, 0.15) is 0 Å². The molecule has 0 aliphatic carbocycles. The van der Waals surface area contributed by atoms with Gasteiger partial charge in [0, 0.05) is 5.54 Å². The Morgan fingerprint density at radius 2 is 2.10 bits per heavy atom. The molecule has 10 heavy (non-hydrogen) atoms. The second kappa shape index (κ2) is 3.41. The normalized spacial score (nSPS) is 10.8. The number of hydrogen-bond acceptors (Lipinski definition) is 2. The van der Waals surface area contributed by atoms with Crippen LogP contribution in [0.1, 0.15) is 27.2 Å². The van der Waals surface area contributed by atoms with Crippen LogP contribution in [0.15, 0.2) is 0 Å². The van der Waals surface area contributed by atoms with Crippen LogP contribution in [0.3, 0.4) is 0 Å². The van der Waals surface area contributed by atoms with Gasteiger partial charge in [-0.15, -0.1) is 0 Å². The fourth-order valence-electron chi connectivity index (χ4n) is 0.463. The van der Waals surface area contributed by atoms with Gasteiger partial charge in [-0.2, -0.15) is 0 Å². The van der Waals surface area contributed by atoms with Crippen LogP contribution in [-0.4, -0.2) is 11.5 Å². The van der Waals surface area contributed by atoms with Gasteiger partial charge in [-0.25, -0.2) is 5.84 Å². The van der Waals surface area contributed by atoms with Gasteiger partial charge in [0.2, 0.25) is 5.96 Å². The number of hydrogen-bond donors (Lipinski definition) is 4. The van der Waals surface area contributed by atoms with Crippen LogP contribution < -0.4 is 16.6 Å². The van der Waals surface area contributed by atoms with Gasteiger partial charge in [-0.3, -0.25) is 10.8 Å². The third-order valence-corrected chi connectivity index (χ3v) is 1.49. The fourth-order valence-corrected chi connectivity index (χ4v) is 0.463. The number of nitrogens with one attached hydrogen (secondary N) is 3. The molecule has 5 N–H and O–H groups in total. The summed E-state index contributed by atoms with van der Waals surface area (Å²) in [5, 5.41) is 10.1. The van der Waals surface area contributed by atoms with E-state index < -0.39 is 0 Å². The van der Waals surface area contributed by atoms with E-state index in [2.05, 4.69) is 17.7 Å². The Morgan fingerprint density at radius 1 is 1.60 bits per heavy atom. The quantitative estimate of drug-likeness (QED) is 0.193. The molecule has 0 heterocycles. The lowest BCUT2D eigenvalue weighted by Gasteiger charge is -2.25. The number of nitrogens with two attached hydrogens (primary N) is 1. The Hall–Kier alpha value is -0.770. The zero-order chi connectivity index (χ0) is 8.20. The zero-order valence-electron chi connectivity index (χ0n) is 6.78. The molecule has 0 bridgehead atoms. The maximum atomic E-state index is 7.15. The van der Waals surface area contributed by atoms with E-state index >= 15 is 0 Å². The van der Waals surface area contributed by atoms with Gasteiger partial charge < -0.3 is 5.32 Å². The molecule has 0 saturated heterocycles. The molecule has 0 unspecified atom stereocenters. The van der Waals surface area contributed by atoms with Gasteiger partial charge in [0.25, 0.3) is 0 Å². The van der Waals surface area contributed by atoms with E-state index in [4.69, 9.17) is 11.3 Å². The summed E-state index contributed by atoms with van der Waals surface area (Å²) in [6.45, 7) is 6.08. The van der Waals surface area contributed by atoms with Crippen molar-refractivity contribution in [3.63, 3.8) is 0 Å². The summed E-state index contributed by atoms with van der Waals surface area (Å²) in [6, 6.07) is 0. The van der Waals surface area contributed by atoms with Crippen molar-refractivity contribution >= 4 is 5.96 Å². The maximum absolute atomic E-state index is 7.15. The van der Waals surface area contributed by atoms with Crippen LogP contribution in [0.4, 0.5) is 0 Å². The lowest BCUT2D eigenvalue weighted by molar-refractivity contribution is 0.438. The number of rotatable bonds is 2. The highest BCUT2D eigenvalue weighted by Crippen LogP contribution is 2.05. The Labute approximate surface area is 61.7 Å². The molecular formula is C6H16N4. The van der Waals surface area contributed by atoms with Crippen LogP contribution >= 0.6 is 0 Å². The Bertz CT molecular complexity index is 119. The molecule has 60 valence electrons. The van der Waals surface area contributed by atoms with Gasteiger partial charge in [-0.05, 0) is 20.3 Å². The standard InChI is InChI=1S/C6H16N4/c1-4-6(2,3)9-5(7)10-8/h4,8H2,1-3H3,(H3,7,9,10). The number of hydrazine groups is 1. The molecule has 0 saturated carbocycles. The Kier molecular flexibility index (Phi) is 3.15. The van der Waals surface area contributed by atoms with E-state index in [0.29, 0.717) is 0 Å². The van der Waals surface area contributed by atoms with E-state index in [-0.39, 0.29) is 11.5 Å². The summed E-state index contributed by atoms with van der Waals surface area (Å²) in [6.07, 6.45) is 0.955. The SMILES string of the molecule is CCC(C)(C)NC(=N)NN. The lowest BCUT2D eigenvalue weighted by Crippen LogP contribution is -2.50. The van der Waals surface area contributed by atoms with Gasteiger partial charge in [0.15, 0.2) is 0 Å². The van der Waals surface area contributed by atoms with Gasteiger partial charge >= 0.3 is 0 Å². The highest BCUT2D eigenvalue weighted by Gasteiger charge is 2.14. The minimum atomic E-state index is -0.0521. The molecule has 0 aromatic carbocycles. The molecule has 0 aliphatic rings. The van der Waals surface area contributed by atoms with Crippen molar-refractivity contribution in [1.82, 2.24) is 10.7 Å². The molecule has 0 atom stereocenters. The van der Waals surface area contributed by atoms with Crippen LogP contribution in [0.2, 0.25) is 0 Å². The van der Waals surface area contributed by atoms with Crippen LogP contribution in [-0.2, 0) is 0 Å². The summed E-state index contributed by atoms with van der Waals surface area (Å²) in [4.78, 5) is 0. The zero-order valence-corrected chi connectivity index (χ0v) is 6.78. The summed E-state index contributed by atoms with van der Waals surface area (Å²) in [7, 11) is 0. The second-order valence-electron chi connectivity index (χ2n) is 2.88. The van der Waals surface area contributed by atoms with Gasteiger partial charge in [-0.1, -0.05) is 6.92 Å². The van der Waals surface area contributed by atoms with Crippen LogP contribution in [0.25, 0.3) is 0 Å². The Balaban J connectivity index is 3.76. The first-order valence-electron chi connectivity index (χ1n) is 3.35. The molecular weight excluding hydrogens is 128 g/mol. The summed E-state index contributed by atoms with van der Waals surface area (Å²) in [5.41, 5.74) is 2.18. The van der Waals surface area contributed by atoms with Crippen molar-refractivity contribution in [2.24, 2.45) is 5.84 Å². The van der Waals surface area contributed by atoms with Crippen molar-refractivity contribution in [1.29, 1.82) is 5.41 Å². The molecule has 0 aliphatic heterocycles. The molecule has 0 aromatic heterocycles. The van der Waals surface area contributed by atoms with Crippen molar-refractivity contribution in [3.05, 3.63) is 0 Å². The fraction of sp³-hybridized carbons (Fsp3) is 0.833. The third kappa shape index (κ3) is 3.29. The van der Waals surface area contributed by atoms with Crippen molar-refractivity contribution in [2.45, 2.75) is 32.7 Å². The lowest BCUT2D eigenvalue weighted by atomic mass is 10.0. The molecule has 0 fully saturated rings. The van der Waals surface area contributed by atoms with Crippen molar-refractivity contribution < 1.29 is 0 Å². The predicted octanol–water partition coefficient (Wildman–Crippen LogP) is 0.163. The van der Waals surface area contributed by atoms with E-state index in [9.17, 15) is 0 Å². The first-order valence-corrected chi connectivity index (χ1v) is 3.35. The average molecular weight is 144 g/mol. The average Bonchev–Trinajstić information content (AvgIpc) is 1.87. The highest BCUT2D eigenvalue weighted by molar-refractivity contribution is 5.76. The molecule has 4 heteroatoms. The molecule has 4 nitrogen and oxygen atoms in total. The first-order chi connectivity index (χ1) is 4.52. The summed E-state index contributed by atoms with van der Waals surface area (Å²) < 4.78 is 0. The van der Waals surface area contributed by atoms with E-state index in [1.807, 2.05) is 13.8 Å².